The van der Waals surface area contributed by atoms with Gasteiger partial charge in [0, 0.05) is 32.7 Å². The van der Waals surface area contributed by atoms with Crippen molar-refractivity contribution in [2.75, 3.05) is 55.7 Å². The molecule has 1 aromatic rings. The van der Waals surface area contributed by atoms with Crippen molar-refractivity contribution in [3.8, 4) is 0 Å². The number of ether oxygens (including phenoxy) is 1. The second-order valence-corrected chi connectivity index (χ2v) is 5.98. The van der Waals surface area contributed by atoms with Crippen LogP contribution in [0, 0.1) is 0 Å². The van der Waals surface area contributed by atoms with Crippen molar-refractivity contribution in [3.63, 3.8) is 0 Å². The van der Waals surface area contributed by atoms with Crippen LogP contribution in [0.2, 0.25) is 0 Å². The minimum atomic E-state index is 0.388. The summed E-state index contributed by atoms with van der Waals surface area (Å²) in [6.45, 7) is 9.07. The maximum Gasteiger partial charge on any atom is 0.206 e. The molecule has 3 aliphatic heterocycles. The van der Waals surface area contributed by atoms with E-state index in [-0.39, 0.29) is 0 Å². The molecular weight excluding hydrogens is 264 g/mol. The minimum Gasteiger partial charge on any atom is -0.379 e. The zero-order valence-electron chi connectivity index (χ0n) is 12.5. The van der Waals surface area contributed by atoms with Crippen molar-refractivity contribution in [2.24, 2.45) is 4.99 Å². The quantitative estimate of drug-likeness (QED) is 0.840. The Morgan fingerprint density at radius 3 is 2.71 bits per heavy atom. The molecule has 3 aliphatic rings. The number of aliphatic imine (C=N–C) groups is 1. The molecule has 0 bridgehead atoms. The fourth-order valence-corrected chi connectivity index (χ4v) is 3.39. The van der Waals surface area contributed by atoms with Gasteiger partial charge in [-0.2, -0.15) is 0 Å². The molecule has 21 heavy (non-hydrogen) atoms. The van der Waals surface area contributed by atoms with Gasteiger partial charge in [0.25, 0.3) is 0 Å². The van der Waals surface area contributed by atoms with E-state index >= 15 is 0 Å². The molecule has 112 valence electrons. The number of anilines is 2. The number of para-hydroxylation sites is 2. The molecule has 5 nitrogen and oxygen atoms in total. The summed E-state index contributed by atoms with van der Waals surface area (Å²) in [4.78, 5) is 12.1. The average molecular weight is 286 g/mol. The summed E-state index contributed by atoms with van der Waals surface area (Å²) in [5.74, 6) is 1.14. The first-order chi connectivity index (χ1) is 10.3. The van der Waals surface area contributed by atoms with Crippen LogP contribution in [-0.2, 0) is 4.74 Å². The van der Waals surface area contributed by atoms with E-state index < -0.39 is 0 Å². The second kappa shape index (κ2) is 5.31. The Hall–Kier alpha value is -1.59. The Morgan fingerprint density at radius 1 is 1.14 bits per heavy atom. The molecule has 0 aromatic heterocycles. The SMILES string of the molecule is CC1CN2C(=N1)N(CCN1CCOCC1)c1ccccc12. The molecule has 0 saturated carbocycles. The van der Waals surface area contributed by atoms with Crippen LogP contribution in [-0.4, -0.2) is 62.8 Å². The lowest BCUT2D eigenvalue weighted by Gasteiger charge is -2.29. The van der Waals surface area contributed by atoms with Gasteiger partial charge in [0.2, 0.25) is 5.96 Å². The molecule has 0 amide bonds. The first-order valence-corrected chi connectivity index (χ1v) is 7.85. The van der Waals surface area contributed by atoms with E-state index in [2.05, 4.69) is 45.9 Å². The van der Waals surface area contributed by atoms with E-state index in [1.54, 1.807) is 0 Å². The molecule has 5 heteroatoms. The van der Waals surface area contributed by atoms with Crippen molar-refractivity contribution in [1.82, 2.24) is 4.90 Å². The third-order valence-electron chi connectivity index (χ3n) is 4.47. The highest BCUT2D eigenvalue weighted by atomic mass is 16.5. The van der Waals surface area contributed by atoms with Crippen LogP contribution in [0.3, 0.4) is 0 Å². The molecule has 0 aliphatic carbocycles. The van der Waals surface area contributed by atoms with Crippen LogP contribution in [0.4, 0.5) is 11.4 Å². The number of nitrogens with zero attached hydrogens (tertiary/aromatic N) is 4. The lowest BCUT2D eigenvalue weighted by atomic mass is 10.2. The van der Waals surface area contributed by atoms with E-state index in [1.807, 2.05) is 0 Å². The topological polar surface area (TPSA) is 31.3 Å². The van der Waals surface area contributed by atoms with Crippen molar-refractivity contribution in [2.45, 2.75) is 13.0 Å². The molecule has 1 saturated heterocycles. The summed E-state index contributed by atoms with van der Waals surface area (Å²) in [5, 5.41) is 0. The zero-order valence-corrected chi connectivity index (χ0v) is 12.5. The van der Waals surface area contributed by atoms with E-state index in [4.69, 9.17) is 9.73 Å². The van der Waals surface area contributed by atoms with Crippen LogP contribution in [0.1, 0.15) is 6.92 Å². The van der Waals surface area contributed by atoms with Gasteiger partial charge < -0.3 is 14.5 Å². The summed E-state index contributed by atoms with van der Waals surface area (Å²) in [7, 11) is 0. The van der Waals surface area contributed by atoms with E-state index in [9.17, 15) is 0 Å². The first kappa shape index (κ1) is 13.1. The summed E-state index contributed by atoms with van der Waals surface area (Å²) in [6, 6.07) is 9.04. The predicted molar refractivity (Wildman–Crippen MR) is 85.3 cm³/mol. The van der Waals surface area contributed by atoms with Gasteiger partial charge in [-0.05, 0) is 19.1 Å². The van der Waals surface area contributed by atoms with Gasteiger partial charge in [-0.25, -0.2) is 4.99 Å². The van der Waals surface area contributed by atoms with Crippen molar-refractivity contribution >= 4 is 17.3 Å². The van der Waals surface area contributed by atoms with Gasteiger partial charge in [0.05, 0.1) is 30.6 Å². The van der Waals surface area contributed by atoms with Crippen LogP contribution < -0.4 is 9.80 Å². The molecule has 1 aromatic carbocycles. The Balaban J connectivity index is 1.54. The molecule has 4 rings (SSSR count). The number of guanidine groups is 1. The Labute approximate surface area is 125 Å². The van der Waals surface area contributed by atoms with Crippen molar-refractivity contribution in [1.29, 1.82) is 0 Å². The van der Waals surface area contributed by atoms with Gasteiger partial charge in [-0.15, -0.1) is 0 Å². The monoisotopic (exact) mass is 286 g/mol. The summed E-state index contributed by atoms with van der Waals surface area (Å²) >= 11 is 0. The molecular formula is C16H22N4O. The third-order valence-corrected chi connectivity index (χ3v) is 4.47. The standard InChI is InChI=1S/C16H22N4O/c1-13-12-20-15-5-3-2-4-14(15)19(16(20)17-13)7-6-18-8-10-21-11-9-18/h2-5,13H,6-12H2,1H3. The van der Waals surface area contributed by atoms with Gasteiger partial charge in [-0.3, -0.25) is 4.90 Å². The number of fused-ring (bicyclic) bond motifs is 3. The molecule has 0 N–H and O–H groups in total. The van der Waals surface area contributed by atoms with E-state index in [1.165, 1.54) is 11.4 Å². The highest BCUT2D eigenvalue weighted by Crippen LogP contribution is 2.39. The lowest BCUT2D eigenvalue weighted by Crippen LogP contribution is -2.44. The fourth-order valence-electron chi connectivity index (χ4n) is 3.39. The molecule has 1 atom stereocenters. The second-order valence-electron chi connectivity index (χ2n) is 5.98. The van der Waals surface area contributed by atoms with Gasteiger partial charge in [0.15, 0.2) is 0 Å². The summed E-state index contributed by atoms with van der Waals surface area (Å²) in [5.41, 5.74) is 2.61. The summed E-state index contributed by atoms with van der Waals surface area (Å²) < 4.78 is 5.42. The fraction of sp³-hybridized carbons (Fsp3) is 0.562. The number of benzene rings is 1. The largest absolute Gasteiger partial charge is 0.379 e. The number of rotatable bonds is 3. The maximum absolute atomic E-state index is 5.42. The first-order valence-electron chi connectivity index (χ1n) is 7.85. The normalized spacial score (nSPS) is 25.0. The lowest BCUT2D eigenvalue weighted by molar-refractivity contribution is 0.0395. The summed E-state index contributed by atoms with van der Waals surface area (Å²) in [6.07, 6.45) is 0. The average Bonchev–Trinajstić information content (AvgIpc) is 3.02. The van der Waals surface area contributed by atoms with Crippen LogP contribution in [0.5, 0.6) is 0 Å². The predicted octanol–water partition coefficient (Wildman–Crippen LogP) is 1.40. The van der Waals surface area contributed by atoms with Gasteiger partial charge >= 0.3 is 0 Å². The number of hydrogen-bond acceptors (Lipinski definition) is 5. The Morgan fingerprint density at radius 2 is 1.90 bits per heavy atom. The third kappa shape index (κ3) is 2.30. The molecule has 1 unspecified atom stereocenters. The van der Waals surface area contributed by atoms with Crippen molar-refractivity contribution in [3.05, 3.63) is 24.3 Å². The van der Waals surface area contributed by atoms with E-state index in [0.717, 1.165) is 51.9 Å². The number of morpholine rings is 1. The minimum absolute atomic E-state index is 0.388. The Kier molecular flexibility index (Phi) is 3.31. The van der Waals surface area contributed by atoms with Gasteiger partial charge in [-0.1, -0.05) is 12.1 Å². The number of hydrogen-bond donors (Lipinski definition) is 0. The molecule has 0 spiro atoms. The van der Waals surface area contributed by atoms with Crippen LogP contribution in [0.25, 0.3) is 0 Å². The maximum atomic E-state index is 5.42. The van der Waals surface area contributed by atoms with E-state index in [0.29, 0.717) is 6.04 Å². The van der Waals surface area contributed by atoms with Gasteiger partial charge in [0.1, 0.15) is 0 Å². The van der Waals surface area contributed by atoms with Crippen LogP contribution >= 0.6 is 0 Å². The highest BCUT2D eigenvalue weighted by Gasteiger charge is 2.37. The molecule has 3 heterocycles. The van der Waals surface area contributed by atoms with Crippen LogP contribution in [0.15, 0.2) is 29.3 Å². The molecule has 1 fully saturated rings. The van der Waals surface area contributed by atoms with Crippen molar-refractivity contribution < 1.29 is 4.74 Å². The zero-order chi connectivity index (χ0) is 14.2. The highest BCUT2D eigenvalue weighted by molar-refractivity contribution is 6.17. The molecule has 0 radical (unpaired) electrons. The smallest absolute Gasteiger partial charge is 0.206 e. The Bertz CT molecular complexity index is 553.